The summed E-state index contributed by atoms with van der Waals surface area (Å²) in [6.45, 7) is 0.927. The van der Waals surface area contributed by atoms with Crippen LogP contribution >= 0.6 is 15.9 Å². The summed E-state index contributed by atoms with van der Waals surface area (Å²) in [5.41, 5.74) is 5.47. The number of methoxy groups -OCH3 is 1. The van der Waals surface area contributed by atoms with Gasteiger partial charge in [0, 0.05) is 13.7 Å². The SMILES string of the molecule is COC(CN)COc1ccccc1Br. The zero-order valence-corrected chi connectivity index (χ0v) is 9.66. The first kappa shape index (κ1) is 11.5. The van der Waals surface area contributed by atoms with Crippen LogP contribution in [-0.4, -0.2) is 26.4 Å². The average molecular weight is 260 g/mol. The largest absolute Gasteiger partial charge is 0.490 e. The molecule has 0 aliphatic carbocycles. The van der Waals surface area contributed by atoms with E-state index in [0.717, 1.165) is 10.2 Å². The zero-order chi connectivity index (χ0) is 10.4. The lowest BCUT2D eigenvalue weighted by Crippen LogP contribution is -2.28. The minimum Gasteiger partial charge on any atom is -0.490 e. The fraction of sp³-hybridized carbons (Fsp3) is 0.400. The van der Waals surface area contributed by atoms with Gasteiger partial charge < -0.3 is 15.2 Å². The molecule has 0 bridgehead atoms. The van der Waals surface area contributed by atoms with Gasteiger partial charge in [0.2, 0.25) is 0 Å². The van der Waals surface area contributed by atoms with E-state index in [9.17, 15) is 0 Å². The summed E-state index contributed by atoms with van der Waals surface area (Å²) in [6.07, 6.45) is -0.0536. The summed E-state index contributed by atoms with van der Waals surface area (Å²) >= 11 is 3.39. The monoisotopic (exact) mass is 259 g/mol. The minimum atomic E-state index is -0.0536. The molecule has 0 spiro atoms. The molecule has 1 aromatic rings. The number of rotatable bonds is 5. The lowest BCUT2D eigenvalue weighted by molar-refractivity contribution is 0.0641. The molecule has 1 unspecified atom stereocenters. The lowest BCUT2D eigenvalue weighted by atomic mass is 10.3. The highest BCUT2D eigenvalue weighted by atomic mass is 79.9. The molecule has 78 valence electrons. The quantitative estimate of drug-likeness (QED) is 0.878. The Bertz CT molecular complexity index is 277. The van der Waals surface area contributed by atoms with Crippen LogP contribution in [0.2, 0.25) is 0 Å². The second-order valence-electron chi connectivity index (χ2n) is 2.83. The lowest BCUT2D eigenvalue weighted by Gasteiger charge is -2.14. The molecular formula is C10H14BrNO2. The van der Waals surface area contributed by atoms with Gasteiger partial charge in [0.05, 0.1) is 4.47 Å². The number of benzene rings is 1. The van der Waals surface area contributed by atoms with Gasteiger partial charge in [0.1, 0.15) is 18.5 Å². The standard InChI is InChI=1S/C10H14BrNO2/c1-13-8(6-12)7-14-10-5-3-2-4-9(10)11/h2-5,8H,6-7,12H2,1H3. The first-order chi connectivity index (χ1) is 6.77. The second kappa shape index (κ2) is 6.01. The third-order valence-electron chi connectivity index (χ3n) is 1.86. The van der Waals surface area contributed by atoms with Crippen molar-refractivity contribution in [1.82, 2.24) is 0 Å². The Morgan fingerprint density at radius 1 is 1.43 bits per heavy atom. The van der Waals surface area contributed by atoms with Crippen LogP contribution in [0.4, 0.5) is 0 Å². The third kappa shape index (κ3) is 3.29. The van der Waals surface area contributed by atoms with Crippen LogP contribution < -0.4 is 10.5 Å². The van der Waals surface area contributed by atoms with Crippen molar-refractivity contribution in [3.63, 3.8) is 0 Å². The van der Waals surface area contributed by atoms with Gasteiger partial charge in [-0.25, -0.2) is 0 Å². The minimum absolute atomic E-state index is 0.0536. The van der Waals surface area contributed by atoms with Crippen LogP contribution in [0.1, 0.15) is 0 Å². The van der Waals surface area contributed by atoms with Crippen molar-refractivity contribution in [2.75, 3.05) is 20.3 Å². The molecule has 0 radical (unpaired) electrons. The Morgan fingerprint density at radius 3 is 2.71 bits per heavy atom. The van der Waals surface area contributed by atoms with Crippen molar-refractivity contribution in [3.05, 3.63) is 28.7 Å². The smallest absolute Gasteiger partial charge is 0.133 e. The molecular weight excluding hydrogens is 246 g/mol. The molecule has 0 saturated heterocycles. The molecule has 2 N–H and O–H groups in total. The molecule has 0 fully saturated rings. The first-order valence-electron chi connectivity index (χ1n) is 4.38. The van der Waals surface area contributed by atoms with E-state index in [0.29, 0.717) is 13.2 Å². The fourth-order valence-corrected chi connectivity index (χ4v) is 1.38. The summed E-state index contributed by atoms with van der Waals surface area (Å²) in [6, 6.07) is 7.69. The molecule has 1 atom stereocenters. The van der Waals surface area contributed by atoms with E-state index >= 15 is 0 Å². The van der Waals surface area contributed by atoms with E-state index < -0.39 is 0 Å². The predicted octanol–water partition coefficient (Wildman–Crippen LogP) is 1.80. The Labute approximate surface area is 92.3 Å². The molecule has 4 heteroatoms. The van der Waals surface area contributed by atoms with Crippen LogP contribution in [0.15, 0.2) is 28.7 Å². The molecule has 1 aromatic carbocycles. The van der Waals surface area contributed by atoms with Crippen molar-refractivity contribution in [1.29, 1.82) is 0 Å². The molecule has 0 saturated carbocycles. The summed E-state index contributed by atoms with van der Waals surface area (Å²) < 4.78 is 11.6. The maximum Gasteiger partial charge on any atom is 0.133 e. The van der Waals surface area contributed by atoms with Crippen LogP contribution in [0, 0.1) is 0 Å². The van der Waals surface area contributed by atoms with E-state index in [-0.39, 0.29) is 6.10 Å². The van der Waals surface area contributed by atoms with Crippen molar-refractivity contribution < 1.29 is 9.47 Å². The maximum absolute atomic E-state index is 5.53. The third-order valence-corrected chi connectivity index (χ3v) is 2.51. The maximum atomic E-state index is 5.53. The van der Waals surface area contributed by atoms with E-state index in [2.05, 4.69) is 15.9 Å². The van der Waals surface area contributed by atoms with E-state index in [1.165, 1.54) is 0 Å². The average Bonchev–Trinajstić information content (AvgIpc) is 2.22. The molecule has 0 aliphatic heterocycles. The number of para-hydroxylation sites is 1. The molecule has 14 heavy (non-hydrogen) atoms. The second-order valence-corrected chi connectivity index (χ2v) is 3.69. The molecule has 0 aliphatic rings. The van der Waals surface area contributed by atoms with Crippen molar-refractivity contribution in [3.8, 4) is 5.75 Å². The highest BCUT2D eigenvalue weighted by Crippen LogP contribution is 2.23. The highest BCUT2D eigenvalue weighted by Gasteiger charge is 2.06. The van der Waals surface area contributed by atoms with Gasteiger partial charge in [-0.05, 0) is 28.1 Å². The van der Waals surface area contributed by atoms with E-state index in [4.69, 9.17) is 15.2 Å². The van der Waals surface area contributed by atoms with Crippen LogP contribution in [0.5, 0.6) is 5.75 Å². The first-order valence-corrected chi connectivity index (χ1v) is 5.17. The Balaban J connectivity index is 2.49. The van der Waals surface area contributed by atoms with Gasteiger partial charge >= 0.3 is 0 Å². The zero-order valence-electron chi connectivity index (χ0n) is 8.07. The van der Waals surface area contributed by atoms with Crippen LogP contribution in [0.25, 0.3) is 0 Å². The van der Waals surface area contributed by atoms with Gasteiger partial charge in [0.25, 0.3) is 0 Å². The van der Waals surface area contributed by atoms with Crippen molar-refractivity contribution >= 4 is 15.9 Å². The van der Waals surface area contributed by atoms with E-state index in [1.54, 1.807) is 7.11 Å². The summed E-state index contributed by atoms with van der Waals surface area (Å²) in [4.78, 5) is 0. The normalized spacial score (nSPS) is 12.5. The summed E-state index contributed by atoms with van der Waals surface area (Å²) in [5.74, 6) is 0.808. The Kier molecular flexibility index (Phi) is 4.93. The summed E-state index contributed by atoms with van der Waals surface area (Å²) in [5, 5.41) is 0. The van der Waals surface area contributed by atoms with Gasteiger partial charge in [-0.2, -0.15) is 0 Å². The molecule has 0 aromatic heterocycles. The van der Waals surface area contributed by atoms with Crippen molar-refractivity contribution in [2.45, 2.75) is 6.10 Å². The number of halogens is 1. The molecule has 0 heterocycles. The molecule has 1 rings (SSSR count). The number of hydrogen-bond donors (Lipinski definition) is 1. The molecule has 3 nitrogen and oxygen atoms in total. The van der Waals surface area contributed by atoms with E-state index in [1.807, 2.05) is 24.3 Å². The van der Waals surface area contributed by atoms with Gasteiger partial charge in [-0.1, -0.05) is 12.1 Å². The van der Waals surface area contributed by atoms with Crippen molar-refractivity contribution in [2.24, 2.45) is 5.73 Å². The predicted molar refractivity (Wildman–Crippen MR) is 59.5 cm³/mol. The number of hydrogen-bond acceptors (Lipinski definition) is 3. The number of ether oxygens (including phenoxy) is 2. The Morgan fingerprint density at radius 2 is 2.14 bits per heavy atom. The van der Waals surface area contributed by atoms with Gasteiger partial charge in [-0.15, -0.1) is 0 Å². The number of nitrogens with two attached hydrogens (primary N) is 1. The topological polar surface area (TPSA) is 44.5 Å². The van der Waals surface area contributed by atoms with Gasteiger partial charge in [-0.3, -0.25) is 0 Å². The summed E-state index contributed by atoms with van der Waals surface area (Å²) in [7, 11) is 1.63. The van der Waals surface area contributed by atoms with Gasteiger partial charge in [0.15, 0.2) is 0 Å². The van der Waals surface area contributed by atoms with Crippen LogP contribution in [0.3, 0.4) is 0 Å². The Hall–Kier alpha value is -0.580. The van der Waals surface area contributed by atoms with Crippen LogP contribution in [-0.2, 0) is 4.74 Å². The molecule has 0 amide bonds. The highest BCUT2D eigenvalue weighted by molar-refractivity contribution is 9.10. The fourth-order valence-electron chi connectivity index (χ4n) is 0.977.